The quantitative estimate of drug-likeness (QED) is 0.612. The molecule has 2 heterocycles. The molecular formula is C20H19NO3S. The van der Waals surface area contributed by atoms with Crippen molar-refractivity contribution in [1.29, 1.82) is 0 Å². The number of hydrogen-bond donors (Lipinski definition) is 0. The molecule has 1 aliphatic rings. The monoisotopic (exact) mass is 353 g/mol. The van der Waals surface area contributed by atoms with Crippen LogP contribution in [-0.2, 0) is 14.3 Å². The van der Waals surface area contributed by atoms with Crippen molar-refractivity contribution in [2.24, 2.45) is 0 Å². The summed E-state index contributed by atoms with van der Waals surface area (Å²) in [5.74, 6) is -0.668. The molecule has 0 unspecified atom stereocenters. The van der Waals surface area contributed by atoms with E-state index < -0.39 is 5.97 Å². The Morgan fingerprint density at radius 1 is 1.20 bits per heavy atom. The number of hydrogen-bond acceptors (Lipinski definition) is 4. The molecule has 1 atom stereocenters. The van der Waals surface area contributed by atoms with Gasteiger partial charge >= 0.3 is 5.97 Å². The van der Waals surface area contributed by atoms with E-state index in [-0.39, 0.29) is 11.9 Å². The van der Waals surface area contributed by atoms with Crippen LogP contribution in [0.5, 0.6) is 0 Å². The highest BCUT2D eigenvalue weighted by Crippen LogP contribution is 2.37. The summed E-state index contributed by atoms with van der Waals surface area (Å²) in [6.45, 7) is 3.75. The van der Waals surface area contributed by atoms with E-state index in [1.807, 2.05) is 54.8 Å². The summed E-state index contributed by atoms with van der Waals surface area (Å²) in [5.41, 5.74) is 2.35. The Balaban J connectivity index is 2.08. The summed E-state index contributed by atoms with van der Waals surface area (Å²) in [4.78, 5) is 28.0. The molecule has 0 aliphatic carbocycles. The molecule has 2 aromatic rings. The number of esters is 1. The van der Waals surface area contributed by atoms with Crippen LogP contribution < -0.4 is 0 Å². The maximum absolute atomic E-state index is 13.1. The van der Waals surface area contributed by atoms with E-state index >= 15 is 0 Å². The zero-order valence-corrected chi connectivity index (χ0v) is 15.2. The van der Waals surface area contributed by atoms with Crippen LogP contribution in [0.25, 0.3) is 6.08 Å². The molecule has 0 N–H and O–H groups in total. The first-order valence-corrected chi connectivity index (χ1v) is 8.85. The molecule has 0 spiro atoms. The maximum atomic E-state index is 13.1. The molecule has 0 saturated carbocycles. The first-order valence-electron chi connectivity index (χ1n) is 7.98. The standard InChI is InChI=1S/C20H19NO3S/c1-13(15-8-5-4-6-9-15)21-14(2)18(20(23)24-3)17(19(21)22)12-16-10-7-11-25-16/h4-13H,1-3H3/b17-12-/t13-/m0/s1. The second kappa shape index (κ2) is 7.07. The normalized spacial score (nSPS) is 17.3. The van der Waals surface area contributed by atoms with Gasteiger partial charge in [-0.25, -0.2) is 4.79 Å². The van der Waals surface area contributed by atoms with Crippen molar-refractivity contribution in [1.82, 2.24) is 4.90 Å². The van der Waals surface area contributed by atoms with Crippen LogP contribution in [0.2, 0.25) is 0 Å². The number of amides is 1. The maximum Gasteiger partial charge on any atom is 0.340 e. The number of allylic oxidation sites excluding steroid dienone is 1. The van der Waals surface area contributed by atoms with Crippen molar-refractivity contribution < 1.29 is 14.3 Å². The number of rotatable bonds is 4. The molecule has 5 heteroatoms. The van der Waals surface area contributed by atoms with Gasteiger partial charge in [0.1, 0.15) is 0 Å². The van der Waals surface area contributed by atoms with Crippen LogP contribution in [0.15, 0.2) is 64.7 Å². The minimum absolute atomic E-state index is 0.178. The first kappa shape index (κ1) is 17.2. The molecule has 4 nitrogen and oxygen atoms in total. The fraction of sp³-hybridized carbons (Fsp3) is 0.200. The fourth-order valence-corrected chi connectivity index (χ4v) is 3.72. The smallest absolute Gasteiger partial charge is 0.340 e. The third kappa shape index (κ3) is 3.15. The van der Waals surface area contributed by atoms with Crippen molar-refractivity contribution in [3.05, 3.63) is 75.1 Å². The van der Waals surface area contributed by atoms with Crippen LogP contribution in [0, 0.1) is 0 Å². The molecular weight excluding hydrogens is 334 g/mol. The minimum Gasteiger partial charge on any atom is -0.465 e. The predicted molar refractivity (Wildman–Crippen MR) is 98.7 cm³/mol. The molecule has 1 aromatic heterocycles. The second-order valence-electron chi connectivity index (χ2n) is 5.79. The Bertz CT molecular complexity index is 850. The van der Waals surface area contributed by atoms with E-state index in [9.17, 15) is 9.59 Å². The zero-order chi connectivity index (χ0) is 18.0. The summed E-state index contributed by atoms with van der Waals surface area (Å²) in [6.07, 6.45) is 1.76. The van der Waals surface area contributed by atoms with Crippen molar-refractivity contribution >= 4 is 29.3 Å². The number of carbonyl (C=O) groups is 2. The first-order chi connectivity index (χ1) is 12.0. The third-order valence-corrected chi connectivity index (χ3v) is 5.15. The van der Waals surface area contributed by atoms with Crippen LogP contribution in [-0.4, -0.2) is 23.9 Å². The van der Waals surface area contributed by atoms with Crippen LogP contribution in [0.3, 0.4) is 0 Å². The molecule has 0 fully saturated rings. The Kier molecular flexibility index (Phi) is 4.86. The number of nitrogens with zero attached hydrogens (tertiary/aromatic N) is 1. The van der Waals surface area contributed by atoms with Gasteiger partial charge in [0, 0.05) is 10.6 Å². The highest BCUT2D eigenvalue weighted by molar-refractivity contribution is 7.10. The lowest BCUT2D eigenvalue weighted by molar-refractivity contribution is -0.136. The fourth-order valence-electron chi connectivity index (χ4n) is 3.06. The van der Waals surface area contributed by atoms with Gasteiger partial charge in [0.05, 0.1) is 24.3 Å². The largest absolute Gasteiger partial charge is 0.465 e. The second-order valence-corrected chi connectivity index (χ2v) is 6.77. The van der Waals surface area contributed by atoms with Crippen LogP contribution in [0.4, 0.5) is 0 Å². The Hall–Kier alpha value is -2.66. The number of ether oxygens (including phenoxy) is 1. The molecule has 0 radical (unpaired) electrons. The van der Waals surface area contributed by atoms with E-state index in [2.05, 4.69) is 0 Å². The molecule has 3 rings (SSSR count). The van der Waals surface area contributed by atoms with Crippen LogP contribution >= 0.6 is 11.3 Å². The van der Waals surface area contributed by atoms with Gasteiger partial charge < -0.3 is 9.64 Å². The van der Waals surface area contributed by atoms with Gasteiger partial charge in [-0.3, -0.25) is 4.79 Å². The van der Waals surface area contributed by atoms with Gasteiger partial charge in [-0.1, -0.05) is 36.4 Å². The number of methoxy groups -OCH3 is 1. The minimum atomic E-state index is -0.489. The summed E-state index contributed by atoms with van der Waals surface area (Å²) in [5, 5.41) is 1.94. The summed E-state index contributed by atoms with van der Waals surface area (Å²) in [6, 6.07) is 13.4. The molecule has 1 amide bonds. The number of carbonyl (C=O) groups excluding carboxylic acids is 2. The Morgan fingerprint density at radius 2 is 1.92 bits per heavy atom. The van der Waals surface area contributed by atoms with Crippen molar-refractivity contribution in [3.8, 4) is 0 Å². The summed E-state index contributed by atoms with van der Waals surface area (Å²) < 4.78 is 4.92. The Labute approximate surface area is 151 Å². The molecule has 0 bridgehead atoms. The van der Waals surface area contributed by atoms with Crippen molar-refractivity contribution in [2.45, 2.75) is 19.9 Å². The molecule has 1 aromatic carbocycles. The van der Waals surface area contributed by atoms with E-state index in [4.69, 9.17) is 4.74 Å². The lowest BCUT2D eigenvalue weighted by Gasteiger charge is -2.26. The van der Waals surface area contributed by atoms with Crippen molar-refractivity contribution in [2.75, 3.05) is 7.11 Å². The van der Waals surface area contributed by atoms with Gasteiger partial charge in [0.15, 0.2) is 0 Å². The molecule has 25 heavy (non-hydrogen) atoms. The van der Waals surface area contributed by atoms with E-state index in [1.165, 1.54) is 18.4 Å². The zero-order valence-electron chi connectivity index (χ0n) is 14.4. The topological polar surface area (TPSA) is 46.6 Å². The molecule has 128 valence electrons. The van der Waals surface area contributed by atoms with E-state index in [0.29, 0.717) is 16.8 Å². The molecule has 1 aliphatic heterocycles. The SMILES string of the molecule is COC(=O)C1=C(C)N([C@@H](C)c2ccccc2)C(=O)/C1=C\c1cccs1. The van der Waals surface area contributed by atoms with Crippen molar-refractivity contribution in [3.63, 3.8) is 0 Å². The average Bonchev–Trinajstić information content (AvgIpc) is 3.22. The summed E-state index contributed by atoms with van der Waals surface area (Å²) >= 11 is 1.52. The number of benzene rings is 1. The summed E-state index contributed by atoms with van der Waals surface area (Å²) in [7, 11) is 1.33. The lowest BCUT2D eigenvalue weighted by atomic mass is 10.1. The average molecular weight is 353 g/mol. The van der Waals surface area contributed by atoms with Gasteiger partial charge in [0.2, 0.25) is 0 Å². The lowest BCUT2D eigenvalue weighted by Crippen LogP contribution is -2.28. The van der Waals surface area contributed by atoms with Crippen LogP contribution in [0.1, 0.15) is 30.3 Å². The highest BCUT2D eigenvalue weighted by Gasteiger charge is 2.39. The van der Waals surface area contributed by atoms with E-state index in [0.717, 1.165) is 10.4 Å². The van der Waals surface area contributed by atoms with Gasteiger partial charge in [0.25, 0.3) is 5.91 Å². The predicted octanol–water partition coefficient (Wildman–Crippen LogP) is 4.18. The van der Waals surface area contributed by atoms with Gasteiger partial charge in [-0.15, -0.1) is 11.3 Å². The third-order valence-electron chi connectivity index (χ3n) is 4.33. The molecule has 0 saturated heterocycles. The Morgan fingerprint density at radius 3 is 2.52 bits per heavy atom. The van der Waals surface area contributed by atoms with Gasteiger partial charge in [-0.2, -0.15) is 0 Å². The van der Waals surface area contributed by atoms with E-state index in [1.54, 1.807) is 17.9 Å². The van der Waals surface area contributed by atoms with Gasteiger partial charge in [-0.05, 0) is 36.9 Å². The number of thiophene rings is 1. The highest BCUT2D eigenvalue weighted by atomic mass is 32.1.